The molecule has 0 spiro atoms. The van der Waals surface area contributed by atoms with Gasteiger partial charge in [0.15, 0.2) is 0 Å². The molecule has 1 saturated heterocycles. The van der Waals surface area contributed by atoms with Crippen molar-refractivity contribution in [3.8, 4) is 0 Å². The average molecular weight is 168 g/mol. The highest BCUT2D eigenvalue weighted by molar-refractivity contribution is 6.01. The summed E-state index contributed by atoms with van der Waals surface area (Å²) in [4.78, 5) is 25.2. The van der Waals surface area contributed by atoms with Gasteiger partial charge in [0.25, 0.3) is 0 Å². The van der Waals surface area contributed by atoms with Crippen molar-refractivity contribution in [2.75, 3.05) is 19.6 Å². The molecule has 0 bridgehead atoms. The number of likely N-dealkylation sites (N-methyl/N-ethyl adjacent to an activating group) is 1. The first-order valence-corrected chi connectivity index (χ1v) is 3.90. The number of hydrogen-bond donors (Lipinski definition) is 0. The van der Waals surface area contributed by atoms with Gasteiger partial charge in [-0.1, -0.05) is 6.08 Å². The minimum absolute atomic E-state index is 0.121. The number of carbonyl (C=O) groups excluding carboxylic acids is 2. The van der Waals surface area contributed by atoms with E-state index in [0.717, 1.165) is 0 Å². The summed E-state index contributed by atoms with van der Waals surface area (Å²) in [6.07, 6.45) is 1.62. The maximum atomic E-state index is 11.3. The Morgan fingerprint density at radius 3 is 2.67 bits per heavy atom. The topological polar surface area (TPSA) is 40.6 Å². The predicted molar refractivity (Wildman–Crippen MR) is 44.6 cm³/mol. The third-order valence-corrected chi connectivity index (χ3v) is 1.79. The maximum absolute atomic E-state index is 11.3. The summed E-state index contributed by atoms with van der Waals surface area (Å²) >= 11 is 0. The van der Waals surface area contributed by atoms with Gasteiger partial charge in [0, 0.05) is 13.1 Å². The van der Waals surface area contributed by atoms with Gasteiger partial charge in [-0.3, -0.25) is 9.69 Å². The van der Waals surface area contributed by atoms with Crippen molar-refractivity contribution in [2.45, 2.75) is 6.92 Å². The number of amides is 3. The fourth-order valence-electron chi connectivity index (χ4n) is 1.20. The first kappa shape index (κ1) is 8.77. The van der Waals surface area contributed by atoms with Gasteiger partial charge in [0.2, 0.25) is 5.91 Å². The van der Waals surface area contributed by atoms with Crippen LogP contribution >= 0.6 is 0 Å². The van der Waals surface area contributed by atoms with Crippen LogP contribution < -0.4 is 0 Å². The number of rotatable bonds is 3. The van der Waals surface area contributed by atoms with Crippen molar-refractivity contribution in [2.24, 2.45) is 0 Å². The summed E-state index contributed by atoms with van der Waals surface area (Å²) in [5, 5.41) is 0. The van der Waals surface area contributed by atoms with E-state index in [1.54, 1.807) is 13.0 Å². The fourth-order valence-corrected chi connectivity index (χ4v) is 1.20. The van der Waals surface area contributed by atoms with Crippen LogP contribution in [0.3, 0.4) is 0 Å². The molecule has 66 valence electrons. The highest BCUT2D eigenvalue weighted by atomic mass is 16.2. The lowest BCUT2D eigenvalue weighted by Crippen LogP contribution is -2.32. The van der Waals surface area contributed by atoms with Crippen LogP contribution in [0.2, 0.25) is 0 Å². The molecule has 0 radical (unpaired) electrons. The Labute approximate surface area is 71.4 Å². The van der Waals surface area contributed by atoms with Gasteiger partial charge in [-0.25, -0.2) is 4.79 Å². The maximum Gasteiger partial charge on any atom is 0.327 e. The molecule has 0 aliphatic carbocycles. The van der Waals surface area contributed by atoms with Crippen molar-refractivity contribution < 1.29 is 9.59 Å². The van der Waals surface area contributed by atoms with Crippen molar-refractivity contribution in [1.82, 2.24) is 9.80 Å². The molecule has 1 aliphatic rings. The van der Waals surface area contributed by atoms with Crippen LogP contribution in [0.25, 0.3) is 0 Å². The molecule has 12 heavy (non-hydrogen) atoms. The van der Waals surface area contributed by atoms with Crippen LogP contribution in [0.4, 0.5) is 4.79 Å². The fraction of sp³-hybridized carbons (Fsp3) is 0.500. The van der Waals surface area contributed by atoms with Crippen LogP contribution in [0.15, 0.2) is 12.7 Å². The lowest BCUT2D eigenvalue weighted by atomic mass is 10.5. The van der Waals surface area contributed by atoms with Crippen LogP contribution in [-0.4, -0.2) is 41.4 Å². The van der Waals surface area contributed by atoms with Gasteiger partial charge >= 0.3 is 6.03 Å². The van der Waals surface area contributed by atoms with E-state index in [-0.39, 0.29) is 18.5 Å². The number of imide groups is 1. The molecule has 0 aromatic carbocycles. The van der Waals surface area contributed by atoms with E-state index in [1.165, 1.54) is 9.80 Å². The van der Waals surface area contributed by atoms with E-state index in [9.17, 15) is 9.59 Å². The van der Waals surface area contributed by atoms with Crippen molar-refractivity contribution >= 4 is 11.9 Å². The monoisotopic (exact) mass is 168 g/mol. The van der Waals surface area contributed by atoms with Crippen molar-refractivity contribution in [1.29, 1.82) is 0 Å². The standard InChI is InChI=1S/C8H12N2O2/c1-3-5-9-6-7(11)10(4-2)8(9)12/h3H,1,4-6H2,2H3. The molecule has 0 aromatic rings. The molecule has 1 heterocycles. The highest BCUT2D eigenvalue weighted by Crippen LogP contribution is 2.08. The molecular weight excluding hydrogens is 156 g/mol. The molecule has 0 aromatic heterocycles. The Balaban J connectivity index is 2.68. The Morgan fingerprint density at radius 2 is 2.25 bits per heavy atom. The van der Waals surface area contributed by atoms with Crippen molar-refractivity contribution in [3.63, 3.8) is 0 Å². The minimum Gasteiger partial charge on any atom is -0.311 e. The van der Waals surface area contributed by atoms with Gasteiger partial charge in [-0.2, -0.15) is 0 Å². The van der Waals surface area contributed by atoms with E-state index >= 15 is 0 Å². The van der Waals surface area contributed by atoms with Crippen LogP contribution in [0.1, 0.15) is 6.92 Å². The average Bonchev–Trinajstić information content (AvgIpc) is 2.29. The van der Waals surface area contributed by atoms with Crippen LogP contribution in [0, 0.1) is 0 Å². The summed E-state index contributed by atoms with van der Waals surface area (Å²) in [5.74, 6) is -0.121. The summed E-state index contributed by atoms with van der Waals surface area (Å²) in [7, 11) is 0. The third-order valence-electron chi connectivity index (χ3n) is 1.79. The number of hydrogen-bond acceptors (Lipinski definition) is 2. The molecule has 0 unspecified atom stereocenters. The summed E-state index contributed by atoms with van der Waals surface area (Å²) < 4.78 is 0. The molecule has 4 heteroatoms. The van der Waals surface area contributed by atoms with Gasteiger partial charge in [0.05, 0.1) is 0 Å². The molecule has 1 aliphatic heterocycles. The van der Waals surface area contributed by atoms with Gasteiger partial charge < -0.3 is 4.90 Å². The summed E-state index contributed by atoms with van der Waals surface area (Å²) in [6, 6.07) is -0.206. The smallest absolute Gasteiger partial charge is 0.311 e. The Bertz CT molecular complexity index is 225. The number of nitrogens with zero attached hydrogens (tertiary/aromatic N) is 2. The molecule has 0 atom stereocenters. The zero-order valence-corrected chi connectivity index (χ0v) is 7.12. The lowest BCUT2D eigenvalue weighted by Gasteiger charge is -2.13. The molecule has 3 amide bonds. The molecule has 0 N–H and O–H groups in total. The largest absolute Gasteiger partial charge is 0.327 e. The molecule has 1 rings (SSSR count). The Hall–Kier alpha value is -1.32. The van der Waals surface area contributed by atoms with Crippen molar-refractivity contribution in [3.05, 3.63) is 12.7 Å². The second kappa shape index (κ2) is 3.38. The quantitative estimate of drug-likeness (QED) is 0.453. The van der Waals surface area contributed by atoms with E-state index in [2.05, 4.69) is 6.58 Å². The zero-order chi connectivity index (χ0) is 9.14. The second-order valence-electron chi connectivity index (χ2n) is 2.59. The van der Waals surface area contributed by atoms with E-state index < -0.39 is 0 Å². The molecular formula is C8H12N2O2. The lowest BCUT2D eigenvalue weighted by molar-refractivity contribution is -0.125. The first-order valence-electron chi connectivity index (χ1n) is 3.90. The highest BCUT2D eigenvalue weighted by Gasteiger charge is 2.33. The minimum atomic E-state index is -0.206. The SMILES string of the molecule is C=CCN1CC(=O)N(CC)C1=O. The molecule has 1 fully saturated rings. The van der Waals surface area contributed by atoms with Crippen LogP contribution in [-0.2, 0) is 4.79 Å². The van der Waals surface area contributed by atoms with Crippen LogP contribution in [0.5, 0.6) is 0 Å². The van der Waals surface area contributed by atoms with E-state index in [0.29, 0.717) is 13.1 Å². The molecule has 4 nitrogen and oxygen atoms in total. The Kier molecular flexibility index (Phi) is 2.47. The predicted octanol–water partition coefficient (Wildman–Crippen LogP) is 0.457. The number of urea groups is 1. The Morgan fingerprint density at radius 1 is 1.58 bits per heavy atom. The first-order chi connectivity index (χ1) is 5.70. The van der Waals surface area contributed by atoms with Gasteiger partial charge in [-0.05, 0) is 6.92 Å². The third kappa shape index (κ3) is 1.32. The van der Waals surface area contributed by atoms with Gasteiger partial charge in [0.1, 0.15) is 6.54 Å². The van der Waals surface area contributed by atoms with E-state index in [1.807, 2.05) is 0 Å². The molecule has 0 saturated carbocycles. The zero-order valence-electron chi connectivity index (χ0n) is 7.12. The summed E-state index contributed by atoms with van der Waals surface area (Å²) in [6.45, 7) is 6.38. The van der Waals surface area contributed by atoms with Gasteiger partial charge in [-0.15, -0.1) is 6.58 Å². The summed E-state index contributed by atoms with van der Waals surface area (Å²) in [5.41, 5.74) is 0. The second-order valence-corrected chi connectivity index (χ2v) is 2.59. The normalized spacial score (nSPS) is 17.4. The van der Waals surface area contributed by atoms with E-state index in [4.69, 9.17) is 0 Å². The number of carbonyl (C=O) groups is 2.